The van der Waals surface area contributed by atoms with Crippen molar-refractivity contribution in [3.63, 3.8) is 0 Å². The molecule has 186 valence electrons. The Bertz CT molecular complexity index is 1780. The summed E-state index contributed by atoms with van der Waals surface area (Å²) in [6.45, 7) is 6.01. The van der Waals surface area contributed by atoms with Crippen LogP contribution in [0.5, 0.6) is 0 Å². The molecule has 3 aromatic carbocycles. The van der Waals surface area contributed by atoms with Gasteiger partial charge in [-0.1, -0.05) is 54.6 Å². The number of aryl methyl sites for hydroxylation is 2. The third kappa shape index (κ3) is 4.12. The molecule has 0 aliphatic heterocycles. The molecule has 0 unspecified atom stereocenters. The van der Waals surface area contributed by atoms with Gasteiger partial charge in [0.25, 0.3) is 5.91 Å². The quantitative estimate of drug-likeness (QED) is 0.322. The predicted octanol–water partition coefficient (Wildman–Crippen LogP) is 5.85. The SMILES string of the molecule is Cc1cc(NC(=O)c2ccc(-c3ccccc3)cc2)n(-c2ncnc3c2cnn3-c2cccc(C)c2C)n1. The highest BCUT2D eigenvalue weighted by atomic mass is 16.1. The fraction of sp³-hybridized carbons (Fsp3) is 0.100. The van der Waals surface area contributed by atoms with Gasteiger partial charge >= 0.3 is 0 Å². The molecule has 0 aliphatic rings. The molecular formula is C30H25N7O. The lowest BCUT2D eigenvalue weighted by Crippen LogP contribution is -2.15. The number of fused-ring (bicyclic) bond motifs is 1. The van der Waals surface area contributed by atoms with Crippen LogP contribution >= 0.6 is 0 Å². The maximum absolute atomic E-state index is 13.2. The fourth-order valence-corrected chi connectivity index (χ4v) is 4.52. The molecular weight excluding hydrogens is 474 g/mol. The van der Waals surface area contributed by atoms with Gasteiger partial charge in [-0.05, 0) is 61.2 Å². The van der Waals surface area contributed by atoms with Gasteiger partial charge < -0.3 is 5.32 Å². The molecule has 0 spiro atoms. The molecule has 6 aromatic rings. The van der Waals surface area contributed by atoms with E-state index in [1.807, 2.05) is 84.4 Å². The fourth-order valence-electron chi connectivity index (χ4n) is 4.52. The van der Waals surface area contributed by atoms with Crippen molar-refractivity contribution in [1.82, 2.24) is 29.5 Å². The first-order valence-corrected chi connectivity index (χ1v) is 12.3. The van der Waals surface area contributed by atoms with Crippen LogP contribution in [-0.4, -0.2) is 35.4 Å². The summed E-state index contributed by atoms with van der Waals surface area (Å²) in [6, 6.07) is 25.5. The van der Waals surface area contributed by atoms with E-state index < -0.39 is 0 Å². The van der Waals surface area contributed by atoms with E-state index in [1.54, 1.807) is 10.9 Å². The highest BCUT2D eigenvalue weighted by Gasteiger charge is 2.19. The van der Waals surface area contributed by atoms with Gasteiger partial charge in [-0.15, -0.1) is 0 Å². The first-order chi connectivity index (χ1) is 18.5. The smallest absolute Gasteiger partial charge is 0.256 e. The maximum atomic E-state index is 13.2. The number of hydrogen-bond acceptors (Lipinski definition) is 5. The average molecular weight is 500 g/mol. The minimum absolute atomic E-state index is 0.234. The van der Waals surface area contributed by atoms with Crippen molar-refractivity contribution in [1.29, 1.82) is 0 Å². The number of aromatic nitrogens is 6. The maximum Gasteiger partial charge on any atom is 0.256 e. The lowest BCUT2D eigenvalue weighted by atomic mass is 10.0. The molecule has 0 aliphatic carbocycles. The standard InChI is InChI=1S/C30H25N7O/c1-19-8-7-11-26(21(19)3)36-28-25(17-33-36)29(32-18-31-28)37-27(16-20(2)35-37)34-30(38)24-14-12-23(13-15-24)22-9-5-4-6-10-22/h4-18H,1-3H3,(H,34,38). The molecule has 0 radical (unpaired) electrons. The topological polar surface area (TPSA) is 90.5 Å². The lowest BCUT2D eigenvalue weighted by Gasteiger charge is -2.11. The van der Waals surface area contributed by atoms with Crippen LogP contribution in [0.15, 0.2) is 91.4 Å². The minimum Gasteiger partial charge on any atom is -0.306 e. The summed E-state index contributed by atoms with van der Waals surface area (Å²) in [7, 11) is 0. The minimum atomic E-state index is -0.234. The summed E-state index contributed by atoms with van der Waals surface area (Å²) in [5.41, 5.74) is 7.34. The zero-order valence-corrected chi connectivity index (χ0v) is 21.3. The number of carbonyl (C=O) groups is 1. The monoisotopic (exact) mass is 499 g/mol. The lowest BCUT2D eigenvalue weighted by molar-refractivity contribution is 0.102. The van der Waals surface area contributed by atoms with Crippen LogP contribution in [0, 0.1) is 20.8 Å². The highest BCUT2D eigenvalue weighted by molar-refractivity contribution is 6.04. The van der Waals surface area contributed by atoms with Crippen LogP contribution in [0.2, 0.25) is 0 Å². The molecule has 0 saturated heterocycles. The van der Waals surface area contributed by atoms with Crippen molar-refractivity contribution in [2.24, 2.45) is 0 Å². The van der Waals surface area contributed by atoms with Gasteiger partial charge in [0.15, 0.2) is 11.5 Å². The van der Waals surface area contributed by atoms with Gasteiger partial charge in [-0.2, -0.15) is 14.9 Å². The number of hydrogen-bond donors (Lipinski definition) is 1. The molecule has 0 fully saturated rings. The molecule has 3 aromatic heterocycles. The van der Waals surface area contributed by atoms with Gasteiger partial charge in [-0.3, -0.25) is 4.79 Å². The Morgan fingerprint density at radius 3 is 2.37 bits per heavy atom. The van der Waals surface area contributed by atoms with Crippen LogP contribution < -0.4 is 5.32 Å². The van der Waals surface area contributed by atoms with E-state index in [0.717, 1.165) is 33.5 Å². The van der Waals surface area contributed by atoms with E-state index in [2.05, 4.69) is 45.4 Å². The Kier molecular flexibility index (Phi) is 5.76. The number of carbonyl (C=O) groups excluding carboxylic acids is 1. The number of nitrogens with zero attached hydrogens (tertiary/aromatic N) is 6. The Balaban J connectivity index is 1.34. The second kappa shape index (κ2) is 9.40. The molecule has 3 heterocycles. The van der Waals surface area contributed by atoms with Gasteiger partial charge in [-0.25, -0.2) is 14.6 Å². The Morgan fingerprint density at radius 2 is 1.58 bits per heavy atom. The van der Waals surface area contributed by atoms with E-state index in [0.29, 0.717) is 22.8 Å². The molecule has 0 saturated carbocycles. The third-order valence-electron chi connectivity index (χ3n) is 6.68. The first kappa shape index (κ1) is 23.3. The number of rotatable bonds is 5. The van der Waals surface area contributed by atoms with Crippen molar-refractivity contribution in [2.45, 2.75) is 20.8 Å². The van der Waals surface area contributed by atoms with Gasteiger partial charge in [0.2, 0.25) is 0 Å². The molecule has 0 atom stereocenters. The van der Waals surface area contributed by atoms with E-state index in [1.165, 1.54) is 11.9 Å². The Morgan fingerprint density at radius 1 is 0.816 bits per heavy atom. The third-order valence-corrected chi connectivity index (χ3v) is 6.68. The van der Waals surface area contributed by atoms with Crippen LogP contribution in [0.1, 0.15) is 27.2 Å². The van der Waals surface area contributed by atoms with E-state index in [9.17, 15) is 4.79 Å². The zero-order valence-electron chi connectivity index (χ0n) is 21.3. The van der Waals surface area contributed by atoms with E-state index in [4.69, 9.17) is 0 Å². The molecule has 8 nitrogen and oxygen atoms in total. The van der Waals surface area contributed by atoms with Crippen molar-refractivity contribution in [3.8, 4) is 22.6 Å². The summed E-state index contributed by atoms with van der Waals surface area (Å²) in [6.07, 6.45) is 3.23. The first-order valence-electron chi connectivity index (χ1n) is 12.3. The molecule has 38 heavy (non-hydrogen) atoms. The second-order valence-electron chi connectivity index (χ2n) is 9.19. The number of anilines is 1. The Labute approximate surface area is 219 Å². The van der Waals surface area contributed by atoms with Crippen molar-refractivity contribution >= 4 is 22.8 Å². The molecule has 8 heteroatoms. The average Bonchev–Trinajstić information content (AvgIpc) is 3.54. The van der Waals surface area contributed by atoms with Crippen molar-refractivity contribution in [2.75, 3.05) is 5.32 Å². The molecule has 1 N–H and O–H groups in total. The number of amides is 1. The summed E-state index contributed by atoms with van der Waals surface area (Å²) in [5.74, 6) is 0.815. The Hall–Kier alpha value is -5.11. The van der Waals surface area contributed by atoms with Crippen LogP contribution in [0.4, 0.5) is 5.82 Å². The summed E-state index contributed by atoms with van der Waals surface area (Å²) >= 11 is 0. The number of nitrogens with one attached hydrogen (secondary N) is 1. The van der Waals surface area contributed by atoms with Crippen LogP contribution in [-0.2, 0) is 0 Å². The normalized spacial score (nSPS) is 11.1. The van der Waals surface area contributed by atoms with Crippen LogP contribution in [0.3, 0.4) is 0 Å². The second-order valence-corrected chi connectivity index (χ2v) is 9.19. The van der Waals surface area contributed by atoms with Crippen molar-refractivity contribution in [3.05, 3.63) is 114 Å². The van der Waals surface area contributed by atoms with E-state index in [-0.39, 0.29) is 5.91 Å². The molecule has 0 bridgehead atoms. The largest absolute Gasteiger partial charge is 0.306 e. The van der Waals surface area contributed by atoms with E-state index >= 15 is 0 Å². The van der Waals surface area contributed by atoms with Gasteiger partial charge in [0.1, 0.15) is 12.1 Å². The van der Waals surface area contributed by atoms with Gasteiger partial charge in [0, 0.05) is 11.6 Å². The van der Waals surface area contributed by atoms with Crippen LogP contribution in [0.25, 0.3) is 33.7 Å². The zero-order chi connectivity index (χ0) is 26.2. The summed E-state index contributed by atoms with van der Waals surface area (Å²) < 4.78 is 3.44. The predicted molar refractivity (Wildman–Crippen MR) is 148 cm³/mol. The van der Waals surface area contributed by atoms with Gasteiger partial charge in [0.05, 0.1) is 23.0 Å². The molecule has 1 amide bonds. The summed E-state index contributed by atoms with van der Waals surface area (Å²) in [5, 5.41) is 13.0. The summed E-state index contributed by atoms with van der Waals surface area (Å²) in [4.78, 5) is 22.2. The number of benzene rings is 3. The highest BCUT2D eigenvalue weighted by Crippen LogP contribution is 2.26. The van der Waals surface area contributed by atoms with Crippen molar-refractivity contribution < 1.29 is 4.79 Å². The molecule has 6 rings (SSSR count).